The van der Waals surface area contributed by atoms with E-state index in [9.17, 15) is 10.1 Å². The van der Waals surface area contributed by atoms with E-state index >= 15 is 0 Å². The van der Waals surface area contributed by atoms with Gasteiger partial charge in [-0.1, -0.05) is 0 Å². The molecule has 2 atom stereocenters. The fourth-order valence-electron chi connectivity index (χ4n) is 2.74. The van der Waals surface area contributed by atoms with Crippen LogP contribution in [0.5, 0.6) is 0 Å². The monoisotopic (exact) mass is 298 g/mol. The number of hydrogen-bond acceptors (Lipinski definition) is 5. The molecule has 2 rings (SSSR count). The highest BCUT2D eigenvalue weighted by Crippen LogP contribution is 2.35. The predicted octanol–water partition coefficient (Wildman–Crippen LogP) is 3.38. The maximum atomic E-state index is 11.3. The van der Waals surface area contributed by atoms with Crippen LogP contribution >= 0.6 is 11.8 Å². The Kier molecular flexibility index (Phi) is 4.57. The summed E-state index contributed by atoms with van der Waals surface area (Å²) in [4.78, 5) is 11.0. The highest BCUT2D eigenvalue weighted by atomic mass is 32.2. The molecule has 7 heteroatoms. The quantitative estimate of drug-likeness (QED) is 0.666. The number of nitrogens with one attached hydrogen (secondary N) is 1. The zero-order valence-corrected chi connectivity index (χ0v) is 13.2. The minimum Gasteiger partial charge on any atom is -0.362 e. The van der Waals surface area contributed by atoms with E-state index in [1.807, 2.05) is 25.6 Å². The molecule has 0 radical (unpaired) electrons. The standard InChI is InChI=1S/C13H22N4O2S/c1-8(2)16-13(12(17(18)19)9(3)15-16)14-10-5-6-11(7-10)20-4/h8,10-11,14H,5-7H2,1-4H3. The van der Waals surface area contributed by atoms with Gasteiger partial charge < -0.3 is 5.32 Å². The minimum atomic E-state index is -0.329. The molecule has 1 N–H and O–H groups in total. The molecule has 1 fully saturated rings. The van der Waals surface area contributed by atoms with E-state index in [-0.39, 0.29) is 16.7 Å². The van der Waals surface area contributed by atoms with Crippen LogP contribution < -0.4 is 5.32 Å². The molecule has 6 nitrogen and oxygen atoms in total. The van der Waals surface area contributed by atoms with Crippen molar-refractivity contribution >= 4 is 23.3 Å². The zero-order valence-electron chi connectivity index (χ0n) is 12.4. The molecule has 0 aromatic carbocycles. The number of hydrogen-bond donors (Lipinski definition) is 1. The van der Waals surface area contributed by atoms with E-state index in [4.69, 9.17) is 0 Å². The number of rotatable bonds is 5. The molecule has 0 amide bonds. The molecule has 0 aliphatic heterocycles. The third-order valence-corrected chi connectivity index (χ3v) is 4.88. The van der Waals surface area contributed by atoms with Gasteiger partial charge in [0.15, 0.2) is 0 Å². The molecule has 1 saturated carbocycles. The van der Waals surface area contributed by atoms with Gasteiger partial charge in [-0.3, -0.25) is 10.1 Å². The van der Waals surface area contributed by atoms with Crippen molar-refractivity contribution in [1.29, 1.82) is 0 Å². The summed E-state index contributed by atoms with van der Waals surface area (Å²) in [6.07, 6.45) is 5.41. The first-order valence-corrected chi connectivity index (χ1v) is 8.25. The molecule has 112 valence electrons. The Balaban J connectivity index is 2.27. The van der Waals surface area contributed by atoms with Crippen LogP contribution in [0, 0.1) is 17.0 Å². The van der Waals surface area contributed by atoms with Crippen LogP contribution in [0.3, 0.4) is 0 Å². The number of nitro groups is 1. The Labute approximate surface area is 123 Å². The number of aromatic nitrogens is 2. The molecular weight excluding hydrogens is 276 g/mol. The van der Waals surface area contributed by atoms with Gasteiger partial charge in [0, 0.05) is 17.3 Å². The second-order valence-electron chi connectivity index (χ2n) is 5.59. The highest BCUT2D eigenvalue weighted by molar-refractivity contribution is 7.99. The topological polar surface area (TPSA) is 73.0 Å². The van der Waals surface area contributed by atoms with Crippen molar-refractivity contribution in [1.82, 2.24) is 9.78 Å². The summed E-state index contributed by atoms with van der Waals surface area (Å²) in [7, 11) is 0. The molecule has 20 heavy (non-hydrogen) atoms. The number of aryl methyl sites for hydroxylation is 1. The van der Waals surface area contributed by atoms with Crippen LogP contribution in [-0.2, 0) is 0 Å². The molecule has 1 aromatic rings. The molecule has 1 aliphatic rings. The van der Waals surface area contributed by atoms with Crippen molar-refractivity contribution in [2.75, 3.05) is 11.6 Å². The molecule has 0 spiro atoms. The summed E-state index contributed by atoms with van der Waals surface area (Å²) in [5, 5.41) is 19.6. The van der Waals surface area contributed by atoms with Crippen LogP contribution in [0.15, 0.2) is 0 Å². The van der Waals surface area contributed by atoms with E-state index in [2.05, 4.69) is 16.7 Å². The SMILES string of the molecule is CSC1CCC(Nc2c([N+](=O)[O-])c(C)nn2C(C)C)C1. The van der Waals surface area contributed by atoms with Crippen molar-refractivity contribution in [2.24, 2.45) is 0 Å². The number of thioether (sulfide) groups is 1. The summed E-state index contributed by atoms with van der Waals surface area (Å²) in [6.45, 7) is 5.67. The maximum absolute atomic E-state index is 11.3. The van der Waals surface area contributed by atoms with Gasteiger partial charge in [-0.2, -0.15) is 16.9 Å². The first-order chi connectivity index (χ1) is 9.43. The van der Waals surface area contributed by atoms with Crippen molar-refractivity contribution in [3.63, 3.8) is 0 Å². The summed E-state index contributed by atoms with van der Waals surface area (Å²) in [5.41, 5.74) is 0.594. The smallest absolute Gasteiger partial charge is 0.333 e. The third-order valence-electron chi connectivity index (χ3n) is 3.78. The Morgan fingerprint density at radius 3 is 2.70 bits per heavy atom. The van der Waals surface area contributed by atoms with Gasteiger partial charge in [0.2, 0.25) is 5.82 Å². The summed E-state index contributed by atoms with van der Waals surface area (Å²) in [6, 6.07) is 0.405. The molecule has 1 heterocycles. The van der Waals surface area contributed by atoms with Crippen molar-refractivity contribution in [3.8, 4) is 0 Å². The van der Waals surface area contributed by atoms with Crippen molar-refractivity contribution < 1.29 is 4.92 Å². The van der Waals surface area contributed by atoms with Gasteiger partial charge in [0.1, 0.15) is 5.69 Å². The lowest BCUT2D eigenvalue weighted by molar-refractivity contribution is -0.384. The molecule has 1 aliphatic carbocycles. The van der Waals surface area contributed by atoms with E-state index in [1.165, 1.54) is 6.42 Å². The summed E-state index contributed by atoms with van der Waals surface area (Å²) >= 11 is 1.88. The van der Waals surface area contributed by atoms with E-state index in [0.29, 0.717) is 22.8 Å². The Bertz CT molecular complexity index is 501. The van der Waals surface area contributed by atoms with Gasteiger partial charge in [-0.15, -0.1) is 0 Å². The zero-order chi connectivity index (χ0) is 14.9. The predicted molar refractivity (Wildman–Crippen MR) is 82.6 cm³/mol. The van der Waals surface area contributed by atoms with Crippen LogP contribution in [0.2, 0.25) is 0 Å². The summed E-state index contributed by atoms with van der Waals surface area (Å²) < 4.78 is 1.74. The second-order valence-corrected chi connectivity index (χ2v) is 6.73. The molecule has 1 aromatic heterocycles. The highest BCUT2D eigenvalue weighted by Gasteiger charge is 2.31. The molecular formula is C13H22N4O2S. The van der Waals surface area contributed by atoms with Crippen molar-refractivity contribution in [3.05, 3.63) is 15.8 Å². The lowest BCUT2D eigenvalue weighted by atomic mass is 10.2. The average Bonchev–Trinajstić information content (AvgIpc) is 2.94. The van der Waals surface area contributed by atoms with Crippen LogP contribution in [0.25, 0.3) is 0 Å². The summed E-state index contributed by atoms with van der Waals surface area (Å²) in [5.74, 6) is 0.564. The van der Waals surface area contributed by atoms with E-state index < -0.39 is 0 Å². The van der Waals surface area contributed by atoms with Gasteiger partial charge >= 0.3 is 5.69 Å². The lowest BCUT2D eigenvalue weighted by Crippen LogP contribution is -2.20. The van der Waals surface area contributed by atoms with E-state index in [1.54, 1.807) is 11.6 Å². The normalized spacial score (nSPS) is 22.4. The molecule has 0 saturated heterocycles. The Hall–Kier alpha value is -1.24. The van der Waals surface area contributed by atoms with Gasteiger partial charge in [-0.05, 0) is 46.3 Å². The van der Waals surface area contributed by atoms with Crippen molar-refractivity contribution in [2.45, 2.75) is 57.4 Å². The first kappa shape index (κ1) is 15.2. The third kappa shape index (κ3) is 2.92. The minimum absolute atomic E-state index is 0.0997. The lowest BCUT2D eigenvalue weighted by Gasteiger charge is -2.16. The van der Waals surface area contributed by atoms with Gasteiger partial charge in [0.05, 0.1) is 4.92 Å². The first-order valence-electron chi connectivity index (χ1n) is 6.96. The van der Waals surface area contributed by atoms with Crippen LogP contribution in [0.1, 0.15) is 44.8 Å². The van der Waals surface area contributed by atoms with Crippen LogP contribution in [-0.4, -0.2) is 32.3 Å². The van der Waals surface area contributed by atoms with E-state index in [0.717, 1.165) is 12.8 Å². The van der Waals surface area contributed by atoms with Gasteiger partial charge in [-0.25, -0.2) is 4.68 Å². The maximum Gasteiger partial charge on any atom is 0.333 e. The number of nitrogens with zero attached hydrogens (tertiary/aromatic N) is 3. The number of anilines is 1. The fourth-order valence-corrected chi connectivity index (χ4v) is 3.54. The Morgan fingerprint density at radius 2 is 2.20 bits per heavy atom. The fraction of sp³-hybridized carbons (Fsp3) is 0.769. The largest absolute Gasteiger partial charge is 0.362 e. The second kappa shape index (κ2) is 6.03. The average molecular weight is 298 g/mol. The molecule has 0 bridgehead atoms. The van der Waals surface area contributed by atoms with Gasteiger partial charge in [0.25, 0.3) is 0 Å². The Morgan fingerprint density at radius 1 is 1.50 bits per heavy atom. The van der Waals surface area contributed by atoms with Crippen LogP contribution in [0.4, 0.5) is 11.5 Å². The molecule has 2 unspecified atom stereocenters.